The molecule has 0 saturated carbocycles. The van der Waals surface area contributed by atoms with Crippen LogP contribution < -0.4 is 5.32 Å². The van der Waals surface area contributed by atoms with Crippen molar-refractivity contribution in [2.45, 2.75) is 6.92 Å². The Morgan fingerprint density at radius 3 is 3.00 bits per heavy atom. The van der Waals surface area contributed by atoms with E-state index in [4.69, 9.17) is 0 Å². The number of hydrogen-bond donors (Lipinski definition) is 1. The van der Waals surface area contributed by atoms with E-state index in [-0.39, 0.29) is 5.82 Å². The van der Waals surface area contributed by atoms with Gasteiger partial charge in [-0.25, -0.2) is 4.39 Å². The van der Waals surface area contributed by atoms with Crippen LogP contribution in [0.4, 0.5) is 10.1 Å². The number of aromatic nitrogens is 1. The van der Waals surface area contributed by atoms with Crippen molar-refractivity contribution in [1.82, 2.24) is 4.98 Å². The highest BCUT2D eigenvalue weighted by molar-refractivity contribution is 5.90. The fraction of sp³-hybridized carbons (Fsp3) is 0.182. The Kier molecular flexibility index (Phi) is 2.31. The highest BCUT2D eigenvalue weighted by Crippen LogP contribution is 2.21. The topological polar surface area (TPSA) is 24.9 Å². The number of fused-ring (bicyclic) bond motifs is 1. The van der Waals surface area contributed by atoms with E-state index in [2.05, 4.69) is 10.3 Å². The second kappa shape index (κ2) is 3.62. The van der Waals surface area contributed by atoms with Gasteiger partial charge < -0.3 is 5.32 Å². The lowest BCUT2D eigenvalue weighted by Gasteiger charge is -2.06. The maximum Gasteiger partial charge on any atom is 0.124 e. The summed E-state index contributed by atoms with van der Waals surface area (Å²) < 4.78 is 13.0. The number of pyridine rings is 1. The molecule has 1 aromatic carbocycles. The minimum absolute atomic E-state index is 0.232. The summed E-state index contributed by atoms with van der Waals surface area (Å²) in [7, 11) is 0. The highest BCUT2D eigenvalue weighted by atomic mass is 19.1. The summed E-state index contributed by atoms with van der Waals surface area (Å²) in [5.41, 5.74) is 1.74. The third kappa shape index (κ3) is 1.53. The second-order valence-corrected chi connectivity index (χ2v) is 3.05. The molecular weight excluding hydrogens is 179 g/mol. The lowest BCUT2D eigenvalue weighted by Crippen LogP contribution is -1.97. The van der Waals surface area contributed by atoms with Gasteiger partial charge in [0, 0.05) is 23.8 Å². The van der Waals surface area contributed by atoms with Gasteiger partial charge in [0.05, 0.1) is 5.52 Å². The fourth-order valence-electron chi connectivity index (χ4n) is 1.46. The Morgan fingerprint density at radius 1 is 1.36 bits per heavy atom. The molecule has 0 saturated heterocycles. The van der Waals surface area contributed by atoms with Crippen molar-refractivity contribution in [3.05, 3.63) is 36.3 Å². The predicted octanol–water partition coefficient (Wildman–Crippen LogP) is 2.81. The zero-order chi connectivity index (χ0) is 9.97. The van der Waals surface area contributed by atoms with Gasteiger partial charge in [-0.1, -0.05) is 0 Å². The summed E-state index contributed by atoms with van der Waals surface area (Å²) in [6.45, 7) is 2.82. The van der Waals surface area contributed by atoms with Crippen LogP contribution >= 0.6 is 0 Å². The molecular formula is C11H11FN2. The lowest BCUT2D eigenvalue weighted by molar-refractivity contribution is 0.629. The van der Waals surface area contributed by atoms with Crippen LogP contribution in [-0.2, 0) is 0 Å². The largest absolute Gasteiger partial charge is 0.385 e. The van der Waals surface area contributed by atoms with Gasteiger partial charge in [0.2, 0.25) is 0 Å². The minimum Gasteiger partial charge on any atom is -0.385 e. The Labute approximate surface area is 81.8 Å². The maximum absolute atomic E-state index is 13.0. The molecule has 2 aromatic rings. The molecule has 0 amide bonds. The summed E-state index contributed by atoms with van der Waals surface area (Å²) in [6, 6.07) is 6.46. The lowest BCUT2D eigenvalue weighted by atomic mass is 10.2. The van der Waals surface area contributed by atoms with E-state index in [9.17, 15) is 4.39 Å². The van der Waals surface area contributed by atoms with Crippen molar-refractivity contribution in [3.8, 4) is 0 Å². The van der Waals surface area contributed by atoms with Gasteiger partial charge in [0.15, 0.2) is 0 Å². The number of nitrogens with zero attached hydrogens (tertiary/aromatic N) is 1. The van der Waals surface area contributed by atoms with Crippen LogP contribution in [0.5, 0.6) is 0 Å². The molecule has 0 spiro atoms. The Hall–Kier alpha value is -1.64. The molecule has 0 aliphatic rings. The van der Waals surface area contributed by atoms with Gasteiger partial charge in [-0.05, 0) is 31.2 Å². The van der Waals surface area contributed by atoms with Crippen molar-refractivity contribution in [2.24, 2.45) is 0 Å². The molecule has 0 aliphatic heterocycles. The fourth-order valence-corrected chi connectivity index (χ4v) is 1.46. The molecule has 3 heteroatoms. The molecule has 1 N–H and O–H groups in total. The number of halogens is 1. The molecule has 0 fully saturated rings. The molecule has 0 radical (unpaired) electrons. The van der Waals surface area contributed by atoms with Crippen LogP contribution in [0.25, 0.3) is 10.9 Å². The van der Waals surface area contributed by atoms with Crippen LogP contribution in [-0.4, -0.2) is 11.5 Å². The first-order valence-electron chi connectivity index (χ1n) is 4.59. The minimum atomic E-state index is -0.232. The summed E-state index contributed by atoms with van der Waals surface area (Å²) in [6.07, 6.45) is 1.72. The first-order valence-corrected chi connectivity index (χ1v) is 4.59. The van der Waals surface area contributed by atoms with Crippen LogP contribution in [0.3, 0.4) is 0 Å². The number of nitrogens with one attached hydrogen (secondary N) is 1. The third-order valence-corrected chi connectivity index (χ3v) is 2.07. The summed E-state index contributed by atoms with van der Waals surface area (Å²) >= 11 is 0. The van der Waals surface area contributed by atoms with Crippen LogP contribution in [0.1, 0.15) is 6.92 Å². The third-order valence-electron chi connectivity index (χ3n) is 2.07. The zero-order valence-electron chi connectivity index (χ0n) is 7.92. The zero-order valence-corrected chi connectivity index (χ0v) is 7.92. The highest BCUT2D eigenvalue weighted by Gasteiger charge is 2.01. The normalized spacial score (nSPS) is 10.4. The SMILES string of the molecule is CCNc1ccnc2ccc(F)cc12. The Bertz CT molecular complexity index is 454. The smallest absolute Gasteiger partial charge is 0.124 e. The molecule has 0 bridgehead atoms. The van der Waals surface area contributed by atoms with Gasteiger partial charge in [-0.2, -0.15) is 0 Å². The quantitative estimate of drug-likeness (QED) is 0.787. The summed E-state index contributed by atoms with van der Waals surface area (Å²) in [5, 5.41) is 4.00. The van der Waals surface area contributed by atoms with E-state index in [1.165, 1.54) is 12.1 Å². The molecule has 0 atom stereocenters. The van der Waals surface area contributed by atoms with Crippen molar-refractivity contribution in [2.75, 3.05) is 11.9 Å². The molecule has 1 heterocycles. The number of benzene rings is 1. The van der Waals surface area contributed by atoms with E-state index >= 15 is 0 Å². The van der Waals surface area contributed by atoms with Crippen LogP contribution in [0, 0.1) is 5.82 Å². The number of hydrogen-bond acceptors (Lipinski definition) is 2. The van der Waals surface area contributed by atoms with Gasteiger partial charge >= 0.3 is 0 Å². The average Bonchev–Trinajstić information content (AvgIpc) is 2.19. The van der Waals surface area contributed by atoms with Crippen molar-refractivity contribution in [1.29, 1.82) is 0 Å². The molecule has 14 heavy (non-hydrogen) atoms. The van der Waals surface area contributed by atoms with Gasteiger partial charge in [0.25, 0.3) is 0 Å². The summed E-state index contributed by atoms with van der Waals surface area (Å²) in [5.74, 6) is -0.232. The standard InChI is InChI=1S/C11H11FN2/c1-2-13-11-5-6-14-10-4-3-8(12)7-9(10)11/h3-7H,2H2,1H3,(H,13,14). The molecule has 2 rings (SSSR count). The maximum atomic E-state index is 13.0. The Balaban J connectivity index is 2.64. The van der Waals surface area contributed by atoms with Crippen molar-refractivity contribution < 1.29 is 4.39 Å². The summed E-state index contributed by atoms with van der Waals surface area (Å²) in [4.78, 5) is 4.16. The predicted molar refractivity (Wildman–Crippen MR) is 55.9 cm³/mol. The van der Waals surface area contributed by atoms with Gasteiger partial charge in [-0.3, -0.25) is 4.98 Å². The van der Waals surface area contributed by atoms with Gasteiger partial charge in [-0.15, -0.1) is 0 Å². The van der Waals surface area contributed by atoms with Crippen molar-refractivity contribution >= 4 is 16.6 Å². The first-order chi connectivity index (χ1) is 6.81. The molecule has 2 nitrogen and oxygen atoms in total. The van der Waals surface area contributed by atoms with Crippen molar-refractivity contribution in [3.63, 3.8) is 0 Å². The van der Waals surface area contributed by atoms with E-state index < -0.39 is 0 Å². The van der Waals surface area contributed by atoms with E-state index in [1.54, 1.807) is 12.3 Å². The van der Waals surface area contributed by atoms with Gasteiger partial charge in [0.1, 0.15) is 5.82 Å². The van der Waals surface area contributed by atoms with Crippen LogP contribution in [0.15, 0.2) is 30.5 Å². The first kappa shape index (κ1) is 8.94. The van der Waals surface area contributed by atoms with Crippen LogP contribution in [0.2, 0.25) is 0 Å². The Morgan fingerprint density at radius 2 is 2.21 bits per heavy atom. The molecule has 72 valence electrons. The van der Waals surface area contributed by atoms with E-state index in [1.807, 2.05) is 13.0 Å². The molecule has 0 aliphatic carbocycles. The molecule has 0 unspecified atom stereocenters. The molecule has 1 aromatic heterocycles. The number of anilines is 1. The monoisotopic (exact) mass is 190 g/mol. The second-order valence-electron chi connectivity index (χ2n) is 3.05. The average molecular weight is 190 g/mol. The number of rotatable bonds is 2. The van der Waals surface area contributed by atoms with E-state index in [0.29, 0.717) is 0 Å². The van der Waals surface area contributed by atoms with E-state index in [0.717, 1.165) is 23.1 Å².